The molecule has 1 aliphatic rings. The van der Waals surface area contributed by atoms with Crippen molar-refractivity contribution in [2.45, 2.75) is 45.6 Å². The highest BCUT2D eigenvalue weighted by molar-refractivity contribution is 5.73. The average molecular weight is 291 g/mol. The van der Waals surface area contributed by atoms with Crippen molar-refractivity contribution >= 4 is 5.97 Å². The van der Waals surface area contributed by atoms with Gasteiger partial charge in [0.15, 0.2) is 0 Å². The van der Waals surface area contributed by atoms with Gasteiger partial charge >= 0.3 is 5.97 Å². The third-order valence-electron chi connectivity index (χ3n) is 4.16. The lowest BCUT2D eigenvalue weighted by molar-refractivity contribution is -0.142. The Morgan fingerprint density at radius 1 is 1.48 bits per heavy atom. The molecule has 116 valence electrons. The average Bonchev–Trinajstić information content (AvgIpc) is 2.87. The number of aliphatic carboxylic acids is 1. The molecule has 4 heteroatoms. The SMILES string of the molecule is Cc1cc(OCCN2CCCC2C(=O)O)ccc1C(C)C. The van der Waals surface area contributed by atoms with Crippen LogP contribution in [0, 0.1) is 6.92 Å². The van der Waals surface area contributed by atoms with Gasteiger partial charge in [-0.25, -0.2) is 0 Å². The summed E-state index contributed by atoms with van der Waals surface area (Å²) >= 11 is 0. The summed E-state index contributed by atoms with van der Waals surface area (Å²) in [5.74, 6) is 0.660. The number of hydrogen-bond acceptors (Lipinski definition) is 3. The summed E-state index contributed by atoms with van der Waals surface area (Å²) < 4.78 is 5.78. The lowest BCUT2D eigenvalue weighted by Gasteiger charge is -2.21. The second-order valence-electron chi connectivity index (χ2n) is 6.05. The molecule has 1 fully saturated rings. The van der Waals surface area contributed by atoms with Crippen molar-refractivity contribution in [2.24, 2.45) is 0 Å². The van der Waals surface area contributed by atoms with Crippen molar-refractivity contribution in [1.82, 2.24) is 4.90 Å². The molecule has 1 N–H and O–H groups in total. The zero-order valence-corrected chi connectivity index (χ0v) is 13.1. The molecule has 21 heavy (non-hydrogen) atoms. The molecular weight excluding hydrogens is 266 g/mol. The lowest BCUT2D eigenvalue weighted by atomic mass is 9.98. The van der Waals surface area contributed by atoms with Crippen LogP contribution < -0.4 is 4.74 Å². The van der Waals surface area contributed by atoms with Gasteiger partial charge in [-0.05, 0) is 55.5 Å². The number of aryl methyl sites for hydroxylation is 1. The van der Waals surface area contributed by atoms with E-state index in [1.807, 2.05) is 11.0 Å². The van der Waals surface area contributed by atoms with Crippen molar-refractivity contribution in [3.8, 4) is 5.75 Å². The first kappa shape index (κ1) is 15.8. The van der Waals surface area contributed by atoms with Crippen LogP contribution in [0.1, 0.15) is 43.7 Å². The van der Waals surface area contributed by atoms with Crippen LogP contribution in [-0.4, -0.2) is 41.7 Å². The highest BCUT2D eigenvalue weighted by Gasteiger charge is 2.29. The van der Waals surface area contributed by atoms with Gasteiger partial charge in [0.25, 0.3) is 0 Å². The number of carboxylic acid groups (broad SMARTS) is 1. The van der Waals surface area contributed by atoms with Crippen LogP contribution in [0.5, 0.6) is 5.75 Å². The van der Waals surface area contributed by atoms with E-state index in [-0.39, 0.29) is 6.04 Å². The second kappa shape index (κ2) is 6.94. The number of rotatable bonds is 6. The summed E-state index contributed by atoms with van der Waals surface area (Å²) in [6, 6.07) is 5.85. The Morgan fingerprint density at radius 3 is 2.86 bits per heavy atom. The monoisotopic (exact) mass is 291 g/mol. The molecule has 4 nitrogen and oxygen atoms in total. The fourth-order valence-corrected chi connectivity index (χ4v) is 3.04. The molecule has 0 aliphatic carbocycles. The number of ether oxygens (including phenoxy) is 1. The predicted octanol–water partition coefficient (Wildman–Crippen LogP) is 3.05. The van der Waals surface area contributed by atoms with Gasteiger partial charge in [0.2, 0.25) is 0 Å². The summed E-state index contributed by atoms with van der Waals surface area (Å²) in [5, 5.41) is 9.14. The lowest BCUT2D eigenvalue weighted by Crippen LogP contribution is -2.38. The van der Waals surface area contributed by atoms with Crippen molar-refractivity contribution in [1.29, 1.82) is 0 Å². The zero-order valence-electron chi connectivity index (χ0n) is 13.1. The van der Waals surface area contributed by atoms with E-state index >= 15 is 0 Å². The van der Waals surface area contributed by atoms with Gasteiger partial charge in [0, 0.05) is 6.54 Å². The van der Waals surface area contributed by atoms with Crippen molar-refractivity contribution < 1.29 is 14.6 Å². The summed E-state index contributed by atoms with van der Waals surface area (Å²) in [5.41, 5.74) is 2.58. The molecule has 1 aliphatic heterocycles. The fourth-order valence-electron chi connectivity index (χ4n) is 3.04. The van der Waals surface area contributed by atoms with Crippen LogP contribution in [-0.2, 0) is 4.79 Å². The predicted molar refractivity (Wildman–Crippen MR) is 83.0 cm³/mol. The molecule has 1 saturated heterocycles. The number of carbonyl (C=O) groups is 1. The fraction of sp³-hybridized carbons (Fsp3) is 0.588. The van der Waals surface area contributed by atoms with Crippen molar-refractivity contribution in [3.05, 3.63) is 29.3 Å². The summed E-state index contributed by atoms with van der Waals surface area (Å²) in [4.78, 5) is 13.1. The van der Waals surface area contributed by atoms with Crippen molar-refractivity contribution in [3.63, 3.8) is 0 Å². The smallest absolute Gasteiger partial charge is 0.320 e. The maximum atomic E-state index is 11.1. The van der Waals surface area contributed by atoms with Gasteiger partial charge in [-0.3, -0.25) is 9.69 Å². The Kier molecular flexibility index (Phi) is 5.23. The maximum absolute atomic E-state index is 11.1. The normalized spacial score (nSPS) is 19.1. The van der Waals surface area contributed by atoms with Gasteiger partial charge in [0.05, 0.1) is 0 Å². The Labute approximate surface area is 126 Å². The van der Waals surface area contributed by atoms with Crippen LogP contribution in [0.4, 0.5) is 0 Å². The molecule has 0 aromatic heterocycles. The third kappa shape index (κ3) is 3.97. The number of benzene rings is 1. The Balaban J connectivity index is 1.86. The highest BCUT2D eigenvalue weighted by atomic mass is 16.5. The minimum Gasteiger partial charge on any atom is -0.492 e. The van der Waals surface area contributed by atoms with E-state index in [2.05, 4.69) is 32.9 Å². The molecule has 0 saturated carbocycles. The molecule has 1 heterocycles. The molecule has 2 rings (SSSR count). The molecular formula is C17H25NO3. The van der Waals surface area contributed by atoms with Gasteiger partial charge in [-0.15, -0.1) is 0 Å². The Morgan fingerprint density at radius 2 is 2.24 bits per heavy atom. The highest BCUT2D eigenvalue weighted by Crippen LogP contribution is 2.23. The first-order valence-electron chi connectivity index (χ1n) is 7.69. The largest absolute Gasteiger partial charge is 0.492 e. The number of nitrogens with zero attached hydrogens (tertiary/aromatic N) is 1. The first-order valence-corrected chi connectivity index (χ1v) is 7.69. The van der Waals surface area contributed by atoms with Gasteiger partial charge in [-0.1, -0.05) is 19.9 Å². The van der Waals surface area contributed by atoms with Gasteiger partial charge in [-0.2, -0.15) is 0 Å². The zero-order chi connectivity index (χ0) is 15.4. The van der Waals surface area contributed by atoms with E-state index in [1.165, 1.54) is 11.1 Å². The van der Waals surface area contributed by atoms with Crippen LogP contribution in [0.25, 0.3) is 0 Å². The number of likely N-dealkylation sites (tertiary alicyclic amines) is 1. The van der Waals surface area contributed by atoms with E-state index in [1.54, 1.807) is 0 Å². The second-order valence-corrected chi connectivity index (χ2v) is 6.05. The topological polar surface area (TPSA) is 49.8 Å². The molecule has 1 unspecified atom stereocenters. The van der Waals surface area contributed by atoms with E-state index < -0.39 is 5.97 Å². The molecule has 0 bridgehead atoms. The van der Waals surface area contributed by atoms with Gasteiger partial charge in [0.1, 0.15) is 18.4 Å². The van der Waals surface area contributed by atoms with Crippen LogP contribution in [0.3, 0.4) is 0 Å². The Hall–Kier alpha value is -1.55. The third-order valence-corrected chi connectivity index (χ3v) is 4.16. The molecule has 0 radical (unpaired) electrons. The summed E-state index contributed by atoms with van der Waals surface area (Å²) in [7, 11) is 0. The summed E-state index contributed by atoms with van der Waals surface area (Å²) in [6.07, 6.45) is 1.71. The summed E-state index contributed by atoms with van der Waals surface area (Å²) in [6.45, 7) is 8.52. The van der Waals surface area contributed by atoms with E-state index in [4.69, 9.17) is 9.84 Å². The molecule has 1 aromatic rings. The van der Waals surface area contributed by atoms with Crippen LogP contribution >= 0.6 is 0 Å². The maximum Gasteiger partial charge on any atom is 0.320 e. The minimum absolute atomic E-state index is 0.335. The standard InChI is InChI=1S/C17H25NO3/c1-12(2)15-7-6-14(11-13(15)3)21-10-9-18-8-4-5-16(18)17(19)20/h6-7,11-12,16H,4-5,8-10H2,1-3H3,(H,19,20). The number of hydrogen-bond donors (Lipinski definition) is 1. The molecule has 0 amide bonds. The van der Waals surface area contributed by atoms with Gasteiger partial charge < -0.3 is 9.84 Å². The van der Waals surface area contributed by atoms with Crippen LogP contribution in [0.15, 0.2) is 18.2 Å². The number of carboxylic acids is 1. The molecule has 0 spiro atoms. The van der Waals surface area contributed by atoms with E-state index in [0.29, 0.717) is 19.1 Å². The van der Waals surface area contributed by atoms with Crippen molar-refractivity contribution in [2.75, 3.05) is 19.7 Å². The Bertz CT molecular complexity index is 499. The van der Waals surface area contributed by atoms with E-state index in [9.17, 15) is 4.79 Å². The quantitative estimate of drug-likeness (QED) is 0.875. The molecule has 1 atom stereocenters. The minimum atomic E-state index is -0.718. The van der Waals surface area contributed by atoms with E-state index in [0.717, 1.165) is 25.1 Å². The van der Waals surface area contributed by atoms with Crippen LogP contribution in [0.2, 0.25) is 0 Å². The molecule has 1 aromatic carbocycles. The first-order chi connectivity index (χ1) is 9.99.